The summed E-state index contributed by atoms with van der Waals surface area (Å²) in [7, 11) is -4.11. The van der Waals surface area contributed by atoms with Crippen LogP contribution in [0.5, 0.6) is 0 Å². The molecule has 0 radical (unpaired) electrons. The topological polar surface area (TPSA) is 71.3 Å². The molecule has 2 aliphatic heterocycles. The lowest BCUT2D eigenvalue weighted by Crippen LogP contribution is -2.51. The largest absolute Gasteiger partial charge is 0.444 e. The van der Waals surface area contributed by atoms with Gasteiger partial charge in [-0.05, 0) is 54.8 Å². The standard InChI is InChI=1S/C35H33N3O3S/c1-3-4-20-30-25-35(34(41-30)37-42(39,40)31-23-21-26(2)22-24-31)32(27-14-8-5-9-15-27)33(28-16-10-6-11-17-28)36-38(35)29-18-12-7-13-19-29/h5-19,21-25,32H,3-4,20H2,1-2H3/b37-34-. The summed E-state index contributed by atoms with van der Waals surface area (Å²) in [5.41, 5.74) is 3.35. The van der Waals surface area contributed by atoms with Gasteiger partial charge < -0.3 is 4.74 Å². The second-order valence-electron chi connectivity index (χ2n) is 10.7. The summed E-state index contributed by atoms with van der Waals surface area (Å²) in [5.74, 6) is 0.384. The van der Waals surface area contributed by atoms with Gasteiger partial charge in [0.05, 0.1) is 22.2 Å². The van der Waals surface area contributed by atoms with Crippen LogP contribution in [-0.2, 0) is 14.8 Å². The molecule has 0 saturated heterocycles. The zero-order valence-electron chi connectivity index (χ0n) is 23.7. The number of rotatable bonds is 8. The number of ether oxygens (including phenoxy) is 1. The summed E-state index contributed by atoms with van der Waals surface area (Å²) >= 11 is 0. The summed E-state index contributed by atoms with van der Waals surface area (Å²) in [6, 6.07) is 36.6. The molecule has 2 heterocycles. The zero-order valence-corrected chi connectivity index (χ0v) is 24.5. The second kappa shape index (κ2) is 11.4. The van der Waals surface area contributed by atoms with Crippen molar-refractivity contribution in [3.8, 4) is 0 Å². The smallest absolute Gasteiger partial charge is 0.285 e. The number of hydrazone groups is 1. The van der Waals surface area contributed by atoms with Gasteiger partial charge in [0.2, 0.25) is 5.90 Å². The van der Waals surface area contributed by atoms with E-state index in [0.29, 0.717) is 12.2 Å². The maximum Gasteiger partial charge on any atom is 0.285 e. The first-order valence-corrected chi connectivity index (χ1v) is 15.7. The van der Waals surface area contributed by atoms with Gasteiger partial charge in [-0.2, -0.15) is 13.5 Å². The summed E-state index contributed by atoms with van der Waals surface area (Å²) in [5, 5.41) is 7.15. The van der Waals surface area contributed by atoms with Crippen LogP contribution in [0.3, 0.4) is 0 Å². The van der Waals surface area contributed by atoms with Gasteiger partial charge in [-0.25, -0.2) is 5.01 Å². The third kappa shape index (κ3) is 5.05. The number of unbranched alkanes of at least 4 members (excludes halogenated alkanes) is 1. The molecule has 0 bridgehead atoms. The van der Waals surface area contributed by atoms with Crippen molar-refractivity contribution in [1.82, 2.24) is 0 Å². The Kier molecular flexibility index (Phi) is 7.52. The van der Waals surface area contributed by atoms with Crippen LogP contribution in [-0.4, -0.2) is 25.6 Å². The summed E-state index contributed by atoms with van der Waals surface area (Å²) in [6.07, 6.45) is 4.58. The molecule has 0 aliphatic carbocycles. The maximum absolute atomic E-state index is 13.9. The third-order valence-corrected chi connectivity index (χ3v) is 9.00. The SMILES string of the molecule is CCCCC1=CC2(/C(=N/S(=O)(=O)c3ccc(C)cc3)O1)C(c1ccccc1)C(c1ccccc1)=NN2c1ccccc1. The first-order valence-electron chi connectivity index (χ1n) is 14.3. The van der Waals surface area contributed by atoms with E-state index >= 15 is 0 Å². The van der Waals surface area contributed by atoms with E-state index in [1.54, 1.807) is 24.3 Å². The van der Waals surface area contributed by atoms with E-state index in [-0.39, 0.29) is 10.8 Å². The third-order valence-electron chi connectivity index (χ3n) is 7.73. The molecule has 0 amide bonds. The zero-order chi connectivity index (χ0) is 29.2. The van der Waals surface area contributed by atoms with E-state index in [9.17, 15) is 8.42 Å². The molecular weight excluding hydrogens is 542 g/mol. The first kappa shape index (κ1) is 27.7. The molecule has 2 unspecified atom stereocenters. The molecule has 4 aromatic carbocycles. The van der Waals surface area contributed by atoms with Crippen LogP contribution in [0.15, 0.2) is 141 Å². The van der Waals surface area contributed by atoms with Crippen molar-refractivity contribution in [3.63, 3.8) is 0 Å². The fourth-order valence-corrected chi connectivity index (χ4v) is 6.64. The molecule has 0 saturated carbocycles. The molecule has 4 aromatic rings. The Morgan fingerprint density at radius 3 is 2.12 bits per heavy atom. The monoisotopic (exact) mass is 575 g/mol. The Hall–Kier alpha value is -4.49. The molecule has 2 aliphatic rings. The Morgan fingerprint density at radius 2 is 1.48 bits per heavy atom. The number of hydrogen-bond acceptors (Lipinski definition) is 5. The van der Waals surface area contributed by atoms with Crippen molar-refractivity contribution in [1.29, 1.82) is 0 Å². The van der Waals surface area contributed by atoms with Crippen LogP contribution in [0.4, 0.5) is 5.69 Å². The molecule has 6 rings (SSSR count). The normalized spacial score (nSPS) is 21.0. The molecular formula is C35H33N3O3S. The average molecular weight is 576 g/mol. The summed E-state index contributed by atoms with van der Waals surface area (Å²) < 4.78 is 38.7. The molecule has 212 valence electrons. The molecule has 0 aromatic heterocycles. The predicted molar refractivity (Wildman–Crippen MR) is 168 cm³/mol. The van der Waals surface area contributed by atoms with Gasteiger partial charge >= 0.3 is 0 Å². The number of aryl methyl sites for hydroxylation is 1. The minimum Gasteiger partial charge on any atom is -0.444 e. The van der Waals surface area contributed by atoms with Gasteiger partial charge in [0.25, 0.3) is 10.0 Å². The summed E-state index contributed by atoms with van der Waals surface area (Å²) in [6.45, 7) is 4.04. The van der Waals surface area contributed by atoms with E-state index in [4.69, 9.17) is 9.84 Å². The van der Waals surface area contributed by atoms with Gasteiger partial charge in [-0.1, -0.05) is 110 Å². The minimum absolute atomic E-state index is 0.0987. The van der Waals surface area contributed by atoms with Crippen molar-refractivity contribution in [2.45, 2.75) is 49.5 Å². The predicted octanol–water partition coefficient (Wildman–Crippen LogP) is 7.63. The number of hydrogen-bond donors (Lipinski definition) is 0. The number of sulfonamides is 1. The number of anilines is 1. The molecule has 7 heteroatoms. The lowest BCUT2D eigenvalue weighted by Gasteiger charge is -2.36. The van der Waals surface area contributed by atoms with Crippen LogP contribution in [0.2, 0.25) is 0 Å². The van der Waals surface area contributed by atoms with Gasteiger partial charge in [0.1, 0.15) is 5.76 Å². The van der Waals surface area contributed by atoms with Crippen LogP contribution < -0.4 is 5.01 Å². The fourth-order valence-electron chi connectivity index (χ4n) is 5.65. The molecule has 2 atom stereocenters. The lowest BCUT2D eigenvalue weighted by molar-refractivity contribution is 0.387. The Labute approximate surface area is 247 Å². The van der Waals surface area contributed by atoms with Crippen molar-refractivity contribution in [2.24, 2.45) is 9.50 Å². The van der Waals surface area contributed by atoms with Crippen molar-refractivity contribution in [3.05, 3.63) is 144 Å². The van der Waals surface area contributed by atoms with Gasteiger partial charge in [-0.3, -0.25) is 0 Å². The molecule has 42 heavy (non-hydrogen) atoms. The van der Waals surface area contributed by atoms with Crippen molar-refractivity contribution < 1.29 is 13.2 Å². The van der Waals surface area contributed by atoms with E-state index in [1.165, 1.54) is 0 Å². The molecule has 0 fully saturated rings. The van der Waals surface area contributed by atoms with Crippen molar-refractivity contribution >= 4 is 27.3 Å². The number of para-hydroxylation sites is 1. The number of benzene rings is 4. The van der Waals surface area contributed by atoms with E-state index in [2.05, 4.69) is 29.5 Å². The average Bonchev–Trinajstić information content (AvgIpc) is 3.55. The highest BCUT2D eigenvalue weighted by molar-refractivity contribution is 7.90. The van der Waals surface area contributed by atoms with Gasteiger partial charge in [0, 0.05) is 6.42 Å². The molecule has 6 nitrogen and oxygen atoms in total. The Balaban J connectivity index is 1.64. The quantitative estimate of drug-likeness (QED) is 0.217. The van der Waals surface area contributed by atoms with E-state index in [0.717, 1.165) is 40.9 Å². The first-order chi connectivity index (χ1) is 20.4. The van der Waals surface area contributed by atoms with Crippen LogP contribution in [0.25, 0.3) is 0 Å². The highest BCUT2D eigenvalue weighted by atomic mass is 32.2. The highest BCUT2D eigenvalue weighted by Gasteiger charge is 2.60. The van der Waals surface area contributed by atoms with Gasteiger partial charge in [0.15, 0.2) is 5.54 Å². The van der Waals surface area contributed by atoms with Gasteiger partial charge in [-0.15, -0.1) is 4.40 Å². The Bertz CT molecular complexity index is 1750. The minimum atomic E-state index is -4.11. The van der Waals surface area contributed by atoms with Crippen LogP contribution >= 0.6 is 0 Å². The van der Waals surface area contributed by atoms with E-state index in [1.807, 2.05) is 90.8 Å². The lowest BCUT2D eigenvalue weighted by atomic mass is 9.75. The maximum atomic E-state index is 13.9. The second-order valence-corrected chi connectivity index (χ2v) is 12.3. The van der Waals surface area contributed by atoms with Crippen LogP contribution in [0.1, 0.15) is 48.8 Å². The van der Waals surface area contributed by atoms with Crippen molar-refractivity contribution in [2.75, 3.05) is 5.01 Å². The number of nitrogens with zero attached hydrogens (tertiary/aromatic N) is 3. The highest BCUT2D eigenvalue weighted by Crippen LogP contribution is 2.50. The van der Waals surface area contributed by atoms with Crippen LogP contribution in [0, 0.1) is 6.92 Å². The summed E-state index contributed by atoms with van der Waals surface area (Å²) in [4.78, 5) is 0.117. The molecule has 1 spiro atoms. The fraction of sp³-hybridized carbons (Fsp3) is 0.200. The van der Waals surface area contributed by atoms with E-state index < -0.39 is 21.5 Å². The number of allylic oxidation sites excluding steroid dienone is 1. The Morgan fingerprint density at radius 1 is 0.857 bits per heavy atom. The molecule has 0 N–H and O–H groups in total.